The van der Waals surface area contributed by atoms with Crippen LogP contribution >= 0.6 is 15.9 Å². The largest absolute Gasteiger partial charge is 0.312 e. The van der Waals surface area contributed by atoms with Gasteiger partial charge in [0.15, 0.2) is 9.84 Å². The highest BCUT2D eigenvalue weighted by molar-refractivity contribution is 9.10. The Bertz CT molecular complexity index is 468. The number of hydrogen-bond donors (Lipinski definition) is 1. The highest BCUT2D eigenvalue weighted by atomic mass is 79.9. The molecule has 0 spiro atoms. The second-order valence-corrected chi connectivity index (χ2v) is 7.04. The molecular formula is C12H16BrNO2S. The van der Waals surface area contributed by atoms with E-state index in [1.165, 1.54) is 0 Å². The molecule has 0 aliphatic carbocycles. The Hall–Kier alpha value is -0.650. The van der Waals surface area contributed by atoms with Crippen LogP contribution in [-0.2, 0) is 9.84 Å². The Balaban J connectivity index is 2.80. The summed E-state index contributed by atoms with van der Waals surface area (Å²) in [4.78, 5) is 0.355. The van der Waals surface area contributed by atoms with Crippen LogP contribution in [0.4, 0.5) is 0 Å². The predicted molar refractivity (Wildman–Crippen MR) is 73.9 cm³/mol. The highest BCUT2D eigenvalue weighted by Gasteiger charge is 2.22. The molecule has 0 aliphatic heterocycles. The summed E-state index contributed by atoms with van der Waals surface area (Å²) in [5, 5.41) is 2.56. The van der Waals surface area contributed by atoms with E-state index in [-0.39, 0.29) is 0 Å². The van der Waals surface area contributed by atoms with E-state index in [0.29, 0.717) is 18.0 Å². The van der Waals surface area contributed by atoms with Crippen molar-refractivity contribution in [2.24, 2.45) is 0 Å². The van der Waals surface area contributed by atoms with Crippen molar-refractivity contribution in [3.63, 3.8) is 0 Å². The first-order chi connectivity index (χ1) is 7.98. The zero-order valence-corrected chi connectivity index (χ0v) is 12.1. The van der Waals surface area contributed by atoms with E-state index in [1.54, 1.807) is 37.3 Å². The molecule has 0 amide bonds. The maximum atomic E-state index is 12.2. The van der Waals surface area contributed by atoms with Crippen molar-refractivity contribution in [3.05, 3.63) is 41.4 Å². The molecule has 1 atom stereocenters. The second kappa shape index (κ2) is 6.33. The third-order valence-corrected chi connectivity index (χ3v) is 5.08. The van der Waals surface area contributed by atoms with Gasteiger partial charge in [-0.2, -0.15) is 0 Å². The minimum Gasteiger partial charge on any atom is -0.312 e. The lowest BCUT2D eigenvalue weighted by atomic mass is 10.4. The van der Waals surface area contributed by atoms with Gasteiger partial charge in [0.05, 0.1) is 10.1 Å². The number of benzene rings is 1. The van der Waals surface area contributed by atoms with Gasteiger partial charge in [0.2, 0.25) is 0 Å². The molecule has 3 nitrogen and oxygen atoms in total. The van der Waals surface area contributed by atoms with Crippen molar-refractivity contribution in [2.75, 3.05) is 13.1 Å². The molecule has 1 unspecified atom stereocenters. The molecule has 1 rings (SSSR count). The summed E-state index contributed by atoms with van der Waals surface area (Å²) in [6.45, 7) is 6.30. The average Bonchev–Trinajstić information content (AvgIpc) is 2.29. The molecule has 0 radical (unpaired) electrons. The predicted octanol–water partition coefficient (Wildman–Crippen LogP) is 2.39. The third kappa shape index (κ3) is 3.94. The smallest absolute Gasteiger partial charge is 0.182 e. The molecule has 0 aromatic heterocycles. The number of rotatable bonds is 6. The van der Waals surface area contributed by atoms with Crippen LogP contribution in [0.1, 0.15) is 6.92 Å². The van der Waals surface area contributed by atoms with Gasteiger partial charge in [-0.1, -0.05) is 22.0 Å². The first-order valence-corrected chi connectivity index (χ1v) is 7.63. The Morgan fingerprint density at radius 1 is 1.41 bits per heavy atom. The van der Waals surface area contributed by atoms with Crippen LogP contribution in [-0.4, -0.2) is 26.8 Å². The summed E-state index contributed by atoms with van der Waals surface area (Å²) in [7, 11) is -3.25. The topological polar surface area (TPSA) is 46.2 Å². The summed E-state index contributed by atoms with van der Waals surface area (Å²) in [6.07, 6.45) is 1.71. The highest BCUT2D eigenvalue weighted by Crippen LogP contribution is 2.18. The lowest BCUT2D eigenvalue weighted by molar-refractivity contribution is 0.576. The zero-order chi connectivity index (χ0) is 12.9. The fourth-order valence-electron chi connectivity index (χ4n) is 1.35. The van der Waals surface area contributed by atoms with Crippen LogP contribution < -0.4 is 5.32 Å². The van der Waals surface area contributed by atoms with Gasteiger partial charge in [-0.25, -0.2) is 8.42 Å². The molecule has 0 bridgehead atoms. The van der Waals surface area contributed by atoms with Crippen molar-refractivity contribution in [1.82, 2.24) is 5.32 Å². The summed E-state index contributed by atoms with van der Waals surface area (Å²) >= 11 is 3.28. The van der Waals surface area contributed by atoms with Gasteiger partial charge in [-0.05, 0) is 31.2 Å². The molecule has 0 heterocycles. The maximum absolute atomic E-state index is 12.2. The van der Waals surface area contributed by atoms with Crippen molar-refractivity contribution in [3.8, 4) is 0 Å². The van der Waals surface area contributed by atoms with Gasteiger partial charge in [0.25, 0.3) is 0 Å². The molecule has 5 heteroatoms. The third-order valence-electron chi connectivity index (χ3n) is 2.39. The SMILES string of the molecule is C=CCNCC(C)S(=O)(=O)c1ccc(Br)cc1. The zero-order valence-electron chi connectivity index (χ0n) is 9.69. The van der Waals surface area contributed by atoms with E-state index < -0.39 is 15.1 Å². The minimum absolute atomic E-state index is 0.355. The van der Waals surface area contributed by atoms with E-state index >= 15 is 0 Å². The van der Waals surface area contributed by atoms with E-state index in [4.69, 9.17) is 0 Å². The molecule has 17 heavy (non-hydrogen) atoms. The van der Waals surface area contributed by atoms with Gasteiger partial charge in [-0.3, -0.25) is 0 Å². The van der Waals surface area contributed by atoms with Crippen molar-refractivity contribution < 1.29 is 8.42 Å². The average molecular weight is 318 g/mol. The molecule has 1 N–H and O–H groups in total. The van der Waals surface area contributed by atoms with E-state index in [0.717, 1.165) is 4.47 Å². The number of halogens is 1. The van der Waals surface area contributed by atoms with Crippen LogP contribution in [0.25, 0.3) is 0 Å². The van der Waals surface area contributed by atoms with Crippen LogP contribution in [0.2, 0.25) is 0 Å². The van der Waals surface area contributed by atoms with Gasteiger partial charge in [0, 0.05) is 17.6 Å². The quantitative estimate of drug-likeness (QED) is 0.647. The summed E-state index contributed by atoms with van der Waals surface area (Å²) in [5.41, 5.74) is 0. The molecule has 1 aromatic carbocycles. The fraction of sp³-hybridized carbons (Fsp3) is 0.333. The normalized spacial score (nSPS) is 13.3. The minimum atomic E-state index is -3.25. The molecule has 94 valence electrons. The van der Waals surface area contributed by atoms with Crippen LogP contribution in [0.5, 0.6) is 0 Å². The van der Waals surface area contributed by atoms with Gasteiger partial charge in [-0.15, -0.1) is 6.58 Å². The number of sulfone groups is 1. The lowest BCUT2D eigenvalue weighted by Crippen LogP contribution is -2.31. The van der Waals surface area contributed by atoms with Gasteiger partial charge in [0.1, 0.15) is 0 Å². The van der Waals surface area contributed by atoms with E-state index in [9.17, 15) is 8.42 Å². The Morgan fingerprint density at radius 3 is 2.53 bits per heavy atom. The summed E-state index contributed by atoms with van der Waals surface area (Å²) in [5.74, 6) is 0. The first-order valence-electron chi connectivity index (χ1n) is 5.29. The monoisotopic (exact) mass is 317 g/mol. The maximum Gasteiger partial charge on any atom is 0.182 e. The van der Waals surface area contributed by atoms with E-state index in [2.05, 4.69) is 27.8 Å². The molecular weight excluding hydrogens is 302 g/mol. The molecule has 0 saturated heterocycles. The lowest BCUT2D eigenvalue weighted by Gasteiger charge is -2.13. The van der Waals surface area contributed by atoms with Crippen LogP contribution in [0.3, 0.4) is 0 Å². The first kappa shape index (κ1) is 14.4. The summed E-state index contributed by atoms with van der Waals surface area (Å²) in [6, 6.07) is 6.69. The van der Waals surface area contributed by atoms with E-state index in [1.807, 2.05) is 0 Å². The number of nitrogens with one attached hydrogen (secondary N) is 1. The molecule has 0 aliphatic rings. The van der Waals surface area contributed by atoms with Gasteiger partial charge >= 0.3 is 0 Å². The standard InChI is InChI=1S/C12H16BrNO2S/c1-3-8-14-9-10(2)17(15,16)12-6-4-11(13)5-7-12/h3-7,10,14H,1,8-9H2,2H3. The van der Waals surface area contributed by atoms with Crippen molar-refractivity contribution in [1.29, 1.82) is 0 Å². The fourth-order valence-corrected chi connectivity index (χ4v) is 2.94. The Labute approximate surface area is 111 Å². The van der Waals surface area contributed by atoms with Crippen molar-refractivity contribution >= 4 is 25.8 Å². The van der Waals surface area contributed by atoms with Crippen LogP contribution in [0, 0.1) is 0 Å². The Morgan fingerprint density at radius 2 is 2.00 bits per heavy atom. The number of hydrogen-bond acceptors (Lipinski definition) is 3. The van der Waals surface area contributed by atoms with Crippen molar-refractivity contribution in [2.45, 2.75) is 17.1 Å². The molecule has 0 saturated carbocycles. The Kier molecular flexibility index (Phi) is 5.36. The molecule has 1 aromatic rings. The molecule has 0 fully saturated rings. The van der Waals surface area contributed by atoms with Gasteiger partial charge < -0.3 is 5.32 Å². The summed E-state index contributed by atoms with van der Waals surface area (Å²) < 4.78 is 25.2. The second-order valence-electron chi connectivity index (χ2n) is 3.76. The van der Waals surface area contributed by atoms with Crippen LogP contribution in [0.15, 0.2) is 46.3 Å².